The lowest BCUT2D eigenvalue weighted by molar-refractivity contribution is -0.140. The van der Waals surface area contributed by atoms with Crippen LogP contribution < -0.4 is 15.8 Å². The van der Waals surface area contributed by atoms with Gasteiger partial charge in [-0.2, -0.15) is 0 Å². The summed E-state index contributed by atoms with van der Waals surface area (Å²) >= 11 is 0. The van der Waals surface area contributed by atoms with E-state index in [4.69, 9.17) is 15.4 Å². The molecule has 21 heavy (non-hydrogen) atoms. The van der Waals surface area contributed by atoms with Crippen LogP contribution in [-0.2, 0) is 19.6 Å². The molecule has 0 aromatic heterocycles. The zero-order valence-corrected chi connectivity index (χ0v) is 12.1. The molecule has 10 nitrogen and oxygen atoms in total. The fourth-order valence-corrected chi connectivity index (χ4v) is 1.95. The van der Waals surface area contributed by atoms with E-state index in [-0.39, 0.29) is 38.0 Å². The Morgan fingerprint density at radius 1 is 1.14 bits per heavy atom. The van der Waals surface area contributed by atoms with Gasteiger partial charge < -0.3 is 20.8 Å². The number of hydrogen-bond acceptors (Lipinski definition) is 5. The van der Waals surface area contributed by atoms with Gasteiger partial charge in [0.2, 0.25) is 10.0 Å². The van der Waals surface area contributed by atoms with E-state index in [0.717, 1.165) is 0 Å². The van der Waals surface area contributed by atoms with Crippen LogP contribution in [0.4, 0.5) is 4.79 Å². The van der Waals surface area contributed by atoms with E-state index in [0.29, 0.717) is 0 Å². The SMILES string of the molecule is NS(=O)(=O)CCCNC(=O)N[C@H](CCCC(=O)O)C(=O)O. The number of rotatable bonds is 10. The normalized spacial score (nSPS) is 12.4. The van der Waals surface area contributed by atoms with E-state index < -0.39 is 34.0 Å². The number of urea groups is 1. The highest BCUT2D eigenvalue weighted by molar-refractivity contribution is 7.89. The number of nitrogens with two attached hydrogens (primary N) is 1. The lowest BCUT2D eigenvalue weighted by Crippen LogP contribution is -2.46. The molecule has 0 fully saturated rings. The second-order valence-corrected chi connectivity index (χ2v) is 6.03. The van der Waals surface area contributed by atoms with Gasteiger partial charge in [0.25, 0.3) is 0 Å². The van der Waals surface area contributed by atoms with Gasteiger partial charge in [0.15, 0.2) is 0 Å². The molecule has 1 atom stereocenters. The van der Waals surface area contributed by atoms with Crippen molar-refractivity contribution in [3.05, 3.63) is 0 Å². The Labute approximate surface area is 121 Å². The number of hydrogen-bond donors (Lipinski definition) is 5. The zero-order chi connectivity index (χ0) is 16.5. The molecule has 0 bridgehead atoms. The van der Waals surface area contributed by atoms with E-state index in [9.17, 15) is 22.8 Å². The van der Waals surface area contributed by atoms with Crippen molar-refractivity contribution in [2.24, 2.45) is 5.14 Å². The highest BCUT2D eigenvalue weighted by Crippen LogP contribution is 2.01. The van der Waals surface area contributed by atoms with Crippen molar-refractivity contribution in [3.8, 4) is 0 Å². The van der Waals surface area contributed by atoms with Crippen molar-refractivity contribution in [3.63, 3.8) is 0 Å². The molecule has 0 saturated carbocycles. The molecule has 2 amide bonds. The van der Waals surface area contributed by atoms with E-state index in [1.54, 1.807) is 0 Å². The maximum atomic E-state index is 11.4. The number of aliphatic carboxylic acids is 2. The van der Waals surface area contributed by atoms with Crippen LogP contribution in [-0.4, -0.2) is 54.9 Å². The number of primary sulfonamides is 1. The fraction of sp³-hybridized carbons (Fsp3) is 0.700. The fourth-order valence-electron chi connectivity index (χ4n) is 1.40. The predicted molar refractivity (Wildman–Crippen MR) is 72.0 cm³/mol. The molecule has 122 valence electrons. The molecule has 0 aliphatic heterocycles. The van der Waals surface area contributed by atoms with Crippen LogP contribution in [0.2, 0.25) is 0 Å². The zero-order valence-electron chi connectivity index (χ0n) is 11.2. The lowest BCUT2D eigenvalue weighted by Gasteiger charge is -2.14. The molecule has 0 heterocycles. The summed E-state index contributed by atoms with van der Waals surface area (Å²) < 4.78 is 21.3. The standard InChI is InChI=1S/C10H19N3O7S/c11-21(19,20)6-2-5-12-10(18)13-7(9(16)17)3-1-4-8(14)15/h7H,1-6H2,(H,14,15)(H,16,17)(H2,11,19,20)(H2,12,13,18)/t7-/m1/s1. The van der Waals surface area contributed by atoms with Gasteiger partial charge in [0, 0.05) is 13.0 Å². The van der Waals surface area contributed by atoms with Crippen LogP contribution in [0.1, 0.15) is 25.7 Å². The first-order chi connectivity index (χ1) is 9.61. The van der Waals surface area contributed by atoms with Crippen LogP contribution in [0.5, 0.6) is 0 Å². The first kappa shape index (κ1) is 19.1. The summed E-state index contributed by atoms with van der Waals surface area (Å²) in [6, 6.07) is -1.98. The van der Waals surface area contributed by atoms with Gasteiger partial charge in [-0.15, -0.1) is 0 Å². The van der Waals surface area contributed by atoms with Gasteiger partial charge in [-0.1, -0.05) is 0 Å². The third-order valence-electron chi connectivity index (χ3n) is 2.38. The Hall–Kier alpha value is -1.88. The summed E-state index contributed by atoms with van der Waals surface area (Å²) in [5.74, 6) is -2.62. The first-order valence-corrected chi connectivity index (χ1v) is 7.83. The van der Waals surface area contributed by atoms with Crippen LogP contribution in [0.15, 0.2) is 0 Å². The Balaban J connectivity index is 4.06. The molecule has 6 N–H and O–H groups in total. The molecule has 0 aliphatic rings. The maximum Gasteiger partial charge on any atom is 0.326 e. The monoisotopic (exact) mass is 325 g/mol. The van der Waals surface area contributed by atoms with E-state index in [1.807, 2.05) is 0 Å². The van der Waals surface area contributed by atoms with Crippen molar-refractivity contribution in [1.82, 2.24) is 10.6 Å². The topological polar surface area (TPSA) is 176 Å². The minimum atomic E-state index is -3.60. The number of amides is 2. The Bertz CT molecular complexity index is 477. The number of nitrogens with one attached hydrogen (secondary N) is 2. The summed E-state index contributed by atoms with van der Waals surface area (Å²) in [4.78, 5) is 32.6. The number of carboxylic acids is 2. The average molecular weight is 325 g/mol. The number of sulfonamides is 1. The van der Waals surface area contributed by atoms with E-state index in [2.05, 4.69) is 10.6 Å². The van der Waals surface area contributed by atoms with E-state index >= 15 is 0 Å². The average Bonchev–Trinajstić information content (AvgIpc) is 2.31. The summed E-state index contributed by atoms with van der Waals surface area (Å²) in [6.07, 6.45) is -0.00528. The summed E-state index contributed by atoms with van der Waals surface area (Å²) in [5, 5.41) is 26.6. The Morgan fingerprint density at radius 3 is 2.24 bits per heavy atom. The quantitative estimate of drug-likeness (QED) is 0.309. The van der Waals surface area contributed by atoms with E-state index in [1.165, 1.54) is 0 Å². The molecule has 0 radical (unpaired) electrons. The molecule has 0 spiro atoms. The molecule has 11 heteroatoms. The molecule has 0 saturated heterocycles. The smallest absolute Gasteiger partial charge is 0.326 e. The second-order valence-electron chi connectivity index (χ2n) is 4.30. The highest BCUT2D eigenvalue weighted by Gasteiger charge is 2.19. The highest BCUT2D eigenvalue weighted by atomic mass is 32.2. The first-order valence-electron chi connectivity index (χ1n) is 6.11. The van der Waals surface area contributed by atoms with Gasteiger partial charge in [0.1, 0.15) is 6.04 Å². The largest absolute Gasteiger partial charge is 0.481 e. The van der Waals surface area contributed by atoms with Crippen molar-refractivity contribution in [1.29, 1.82) is 0 Å². The third kappa shape index (κ3) is 11.6. The van der Waals surface area contributed by atoms with Crippen molar-refractivity contribution >= 4 is 28.0 Å². The number of carbonyl (C=O) groups excluding carboxylic acids is 1. The predicted octanol–water partition coefficient (Wildman–Crippen LogP) is -1.33. The van der Waals surface area contributed by atoms with Crippen molar-refractivity contribution < 1.29 is 33.0 Å². The third-order valence-corrected chi connectivity index (χ3v) is 3.24. The maximum absolute atomic E-state index is 11.4. The molecular formula is C10H19N3O7S. The van der Waals surface area contributed by atoms with Gasteiger partial charge in [0.05, 0.1) is 5.75 Å². The minimum absolute atomic E-state index is 0.0176. The second kappa shape index (κ2) is 9.13. The van der Waals surface area contributed by atoms with Crippen LogP contribution >= 0.6 is 0 Å². The minimum Gasteiger partial charge on any atom is -0.481 e. The summed E-state index contributed by atoms with van der Waals surface area (Å²) in [6.45, 7) is 0.0176. The van der Waals surface area contributed by atoms with Crippen LogP contribution in [0.3, 0.4) is 0 Å². The molecule has 0 aromatic carbocycles. The molecular weight excluding hydrogens is 306 g/mol. The Morgan fingerprint density at radius 2 is 1.76 bits per heavy atom. The van der Waals surface area contributed by atoms with Gasteiger partial charge in [-0.25, -0.2) is 23.1 Å². The lowest BCUT2D eigenvalue weighted by atomic mass is 10.1. The number of carboxylic acid groups (broad SMARTS) is 2. The van der Waals surface area contributed by atoms with Gasteiger partial charge >= 0.3 is 18.0 Å². The van der Waals surface area contributed by atoms with Gasteiger partial charge in [-0.05, 0) is 19.3 Å². The molecule has 0 rings (SSSR count). The van der Waals surface area contributed by atoms with Gasteiger partial charge in [-0.3, -0.25) is 4.79 Å². The van der Waals surface area contributed by atoms with Crippen molar-refractivity contribution in [2.45, 2.75) is 31.7 Å². The Kier molecular flexibility index (Phi) is 8.31. The van der Waals surface area contributed by atoms with Crippen LogP contribution in [0, 0.1) is 0 Å². The summed E-state index contributed by atoms with van der Waals surface area (Å²) in [5.41, 5.74) is 0. The summed E-state index contributed by atoms with van der Waals surface area (Å²) in [7, 11) is -3.60. The molecule has 0 unspecified atom stereocenters. The van der Waals surface area contributed by atoms with Crippen molar-refractivity contribution in [2.75, 3.05) is 12.3 Å². The van der Waals surface area contributed by atoms with Crippen LogP contribution in [0.25, 0.3) is 0 Å². The molecule has 0 aromatic rings. The number of carbonyl (C=O) groups is 3. The molecule has 0 aliphatic carbocycles.